The molecule has 1 rings (SSSR count). The number of aliphatic hydroxyl groups is 1. The molecule has 0 radical (unpaired) electrons. The number of carbonyl (C=O) groups is 2. The zero-order chi connectivity index (χ0) is 24.3. The molecular formula is C20H30F3N5O4. The molecule has 0 saturated carbocycles. The van der Waals surface area contributed by atoms with Crippen molar-refractivity contribution in [3.05, 3.63) is 46.7 Å². The monoisotopic (exact) mass is 461 g/mol. The quantitative estimate of drug-likeness (QED) is 0.155. The van der Waals surface area contributed by atoms with Gasteiger partial charge in [0, 0.05) is 43.5 Å². The summed E-state index contributed by atoms with van der Waals surface area (Å²) < 4.78 is 41.9. The Morgan fingerprint density at radius 3 is 2.69 bits per heavy atom. The summed E-state index contributed by atoms with van der Waals surface area (Å²) in [5.41, 5.74) is 7.61. The van der Waals surface area contributed by atoms with Gasteiger partial charge in [-0.2, -0.15) is 13.2 Å². The second kappa shape index (κ2) is 12.8. The molecule has 1 heterocycles. The van der Waals surface area contributed by atoms with Crippen molar-refractivity contribution in [2.45, 2.75) is 19.1 Å². The third kappa shape index (κ3) is 9.02. The maximum Gasteiger partial charge on any atom is 0.422 e. The van der Waals surface area contributed by atoms with Gasteiger partial charge < -0.3 is 31.5 Å². The van der Waals surface area contributed by atoms with Crippen molar-refractivity contribution >= 4 is 12.2 Å². The smallest absolute Gasteiger partial charge is 0.422 e. The fraction of sp³-hybridized carbons (Fsp3) is 0.500. The molecule has 0 fully saturated rings. The van der Waals surface area contributed by atoms with E-state index in [1.807, 2.05) is 0 Å². The zero-order valence-electron chi connectivity index (χ0n) is 18.3. The number of halogens is 3. The van der Waals surface area contributed by atoms with Crippen molar-refractivity contribution < 1.29 is 32.6 Å². The Balaban J connectivity index is 2.92. The molecule has 1 aliphatic heterocycles. The van der Waals surface area contributed by atoms with Crippen LogP contribution in [0.4, 0.5) is 13.2 Å². The molecule has 180 valence electrons. The lowest BCUT2D eigenvalue weighted by Gasteiger charge is -2.28. The molecule has 1 unspecified atom stereocenters. The van der Waals surface area contributed by atoms with E-state index in [9.17, 15) is 22.8 Å². The van der Waals surface area contributed by atoms with Crippen molar-refractivity contribution in [3.8, 4) is 0 Å². The Bertz CT molecular complexity index is 791. The molecule has 9 nitrogen and oxygen atoms in total. The Morgan fingerprint density at radius 2 is 2.12 bits per heavy atom. The first kappa shape index (κ1) is 27.0. The van der Waals surface area contributed by atoms with E-state index in [2.05, 4.69) is 16.0 Å². The molecule has 1 aliphatic rings. The summed E-state index contributed by atoms with van der Waals surface area (Å²) in [6.07, 6.45) is 0.715. The van der Waals surface area contributed by atoms with Gasteiger partial charge in [-0.3, -0.25) is 14.5 Å². The number of hydrogen-bond acceptors (Lipinski definition) is 8. The van der Waals surface area contributed by atoms with Crippen LogP contribution in [0.15, 0.2) is 46.7 Å². The average Bonchev–Trinajstić information content (AvgIpc) is 2.71. The summed E-state index contributed by atoms with van der Waals surface area (Å²) in [7, 11) is 3.15. The van der Waals surface area contributed by atoms with E-state index >= 15 is 0 Å². The molecule has 0 aromatic rings. The summed E-state index contributed by atoms with van der Waals surface area (Å²) >= 11 is 0. The number of nitrogens with one attached hydrogen (secondary N) is 3. The minimum atomic E-state index is -4.47. The Kier molecular flexibility index (Phi) is 10.8. The van der Waals surface area contributed by atoms with E-state index < -0.39 is 24.7 Å². The van der Waals surface area contributed by atoms with Crippen LogP contribution in [0, 0.1) is 0 Å². The molecule has 6 N–H and O–H groups in total. The summed E-state index contributed by atoms with van der Waals surface area (Å²) in [6.45, 7) is 0.396. The third-order valence-corrected chi connectivity index (χ3v) is 4.31. The van der Waals surface area contributed by atoms with Crippen LogP contribution in [-0.4, -0.2) is 81.4 Å². The highest BCUT2D eigenvalue weighted by Gasteiger charge is 2.29. The maximum absolute atomic E-state index is 12.4. The summed E-state index contributed by atoms with van der Waals surface area (Å²) in [5.74, 6) is -0.449. The van der Waals surface area contributed by atoms with Crippen molar-refractivity contribution in [2.24, 2.45) is 5.73 Å². The van der Waals surface area contributed by atoms with E-state index in [1.165, 1.54) is 19.3 Å². The Labute approximate surface area is 184 Å². The summed E-state index contributed by atoms with van der Waals surface area (Å²) in [4.78, 5) is 25.6. The van der Waals surface area contributed by atoms with Crippen LogP contribution in [0.3, 0.4) is 0 Å². The molecule has 0 spiro atoms. The van der Waals surface area contributed by atoms with E-state index in [0.717, 1.165) is 0 Å². The van der Waals surface area contributed by atoms with Crippen molar-refractivity contribution in [3.63, 3.8) is 0 Å². The average molecular weight is 461 g/mol. The first-order valence-electron chi connectivity index (χ1n) is 9.74. The van der Waals surface area contributed by atoms with Gasteiger partial charge in [-0.05, 0) is 37.9 Å². The Morgan fingerprint density at radius 1 is 1.44 bits per heavy atom. The van der Waals surface area contributed by atoms with Crippen LogP contribution in [0.25, 0.3) is 0 Å². The first-order chi connectivity index (χ1) is 15.0. The first-order valence-corrected chi connectivity index (χ1v) is 9.74. The number of nitrogens with zero attached hydrogens (tertiary/aromatic N) is 1. The number of carbonyl (C=O) groups excluding carboxylic acids is 2. The molecular weight excluding hydrogens is 431 g/mol. The fourth-order valence-corrected chi connectivity index (χ4v) is 3.01. The minimum Gasteiger partial charge on any atom is -0.469 e. The number of alkyl halides is 3. The number of rotatable bonds is 12. The van der Waals surface area contributed by atoms with Crippen molar-refractivity contribution in [1.29, 1.82) is 0 Å². The van der Waals surface area contributed by atoms with Crippen LogP contribution < -0.4 is 21.7 Å². The molecule has 32 heavy (non-hydrogen) atoms. The second-order valence-corrected chi connectivity index (χ2v) is 7.10. The normalized spacial score (nSPS) is 17.6. The maximum atomic E-state index is 12.4. The van der Waals surface area contributed by atoms with E-state index in [4.69, 9.17) is 15.6 Å². The van der Waals surface area contributed by atoms with E-state index in [-0.39, 0.29) is 32.1 Å². The van der Waals surface area contributed by atoms with Crippen LogP contribution in [0.1, 0.15) is 6.92 Å². The van der Waals surface area contributed by atoms with Gasteiger partial charge in [0.05, 0.1) is 6.61 Å². The molecule has 0 aliphatic carbocycles. The molecule has 1 amide bonds. The van der Waals surface area contributed by atoms with Crippen molar-refractivity contribution in [1.82, 2.24) is 20.9 Å². The summed E-state index contributed by atoms with van der Waals surface area (Å²) in [6, 6.07) is -0.798. The molecule has 0 bridgehead atoms. The predicted molar refractivity (Wildman–Crippen MR) is 113 cm³/mol. The molecule has 12 heteroatoms. The highest BCUT2D eigenvalue weighted by atomic mass is 19.4. The van der Waals surface area contributed by atoms with Gasteiger partial charge in [0.1, 0.15) is 12.3 Å². The minimum absolute atomic E-state index is 0.0545. The number of aldehydes is 1. The van der Waals surface area contributed by atoms with Gasteiger partial charge in [-0.15, -0.1) is 0 Å². The lowest BCUT2D eigenvalue weighted by Crippen LogP contribution is -2.48. The highest BCUT2D eigenvalue weighted by Crippen LogP contribution is 2.18. The van der Waals surface area contributed by atoms with E-state index in [0.29, 0.717) is 28.7 Å². The fourth-order valence-electron chi connectivity index (χ4n) is 3.01. The van der Waals surface area contributed by atoms with Gasteiger partial charge in [0.15, 0.2) is 12.5 Å². The lowest BCUT2D eigenvalue weighted by molar-refractivity contribution is -0.166. The number of hydrogen-bond donors (Lipinski definition) is 5. The second-order valence-electron chi connectivity index (χ2n) is 7.10. The molecule has 0 saturated heterocycles. The van der Waals surface area contributed by atoms with Gasteiger partial charge in [0.25, 0.3) is 0 Å². The van der Waals surface area contributed by atoms with Gasteiger partial charge in [-0.1, -0.05) is 0 Å². The van der Waals surface area contributed by atoms with Crippen LogP contribution in [0.5, 0.6) is 0 Å². The standard InChI is InChI=1S/C20H30F3N5O4/c1-13(19(25-2)32-12-20(21,22)23)8-15(24)9-28(3)10-16-14(11-30)4-5-26-17(16)18(31)27-6-7-29/h4-5,8,11,17,25-26,29H,6-7,9-10,12,24H2,1-3H3,(H,27,31)/b15-8-,19-13+. The molecule has 0 aromatic heterocycles. The number of dihydropyridines is 1. The Hall–Kier alpha value is -2.99. The highest BCUT2D eigenvalue weighted by molar-refractivity contribution is 5.90. The largest absolute Gasteiger partial charge is 0.469 e. The van der Waals surface area contributed by atoms with E-state index in [1.54, 1.807) is 24.9 Å². The number of ether oxygens (including phenoxy) is 1. The van der Waals surface area contributed by atoms with Crippen LogP contribution in [0.2, 0.25) is 0 Å². The van der Waals surface area contributed by atoms with Crippen molar-refractivity contribution in [2.75, 3.05) is 46.9 Å². The lowest BCUT2D eigenvalue weighted by atomic mass is 9.97. The number of aliphatic hydroxyl groups excluding tert-OH is 1. The summed E-state index contributed by atoms with van der Waals surface area (Å²) in [5, 5.41) is 16.9. The number of amides is 1. The third-order valence-electron chi connectivity index (χ3n) is 4.31. The zero-order valence-corrected chi connectivity index (χ0v) is 18.3. The number of likely N-dealkylation sites (N-methyl/N-ethyl adjacent to an activating group) is 1. The van der Waals surface area contributed by atoms with Gasteiger partial charge in [0.2, 0.25) is 5.91 Å². The SMILES string of the molecule is CN/C(OCC(F)(F)F)=C(C)\C=C(/N)CN(C)CC1=C(C=O)C=CNC1C(=O)NCCO. The van der Waals surface area contributed by atoms with Gasteiger partial charge >= 0.3 is 6.18 Å². The topological polar surface area (TPSA) is 129 Å². The van der Waals surface area contributed by atoms with Gasteiger partial charge in [-0.25, -0.2) is 0 Å². The predicted octanol–water partition coefficient (Wildman–Crippen LogP) is -0.120. The molecule has 0 aromatic carbocycles. The van der Waals surface area contributed by atoms with Crippen LogP contribution in [-0.2, 0) is 14.3 Å². The number of nitrogens with two attached hydrogens (primary N) is 1. The number of allylic oxidation sites excluding steroid dienone is 4. The van der Waals surface area contributed by atoms with Crippen LogP contribution >= 0.6 is 0 Å². The molecule has 1 atom stereocenters.